The number of rotatable bonds is 4. The Morgan fingerprint density at radius 1 is 1.22 bits per heavy atom. The highest BCUT2D eigenvalue weighted by atomic mass is 32.2. The number of piperidine rings is 1. The van der Waals surface area contributed by atoms with Crippen molar-refractivity contribution < 1.29 is 9.21 Å². The Labute approximate surface area is 140 Å². The molecule has 1 fully saturated rings. The van der Waals surface area contributed by atoms with Crippen LogP contribution in [0.3, 0.4) is 0 Å². The minimum absolute atomic E-state index is 0.147. The number of aromatic nitrogens is 2. The second-order valence-electron chi connectivity index (χ2n) is 5.96. The highest BCUT2D eigenvalue weighted by Crippen LogP contribution is 2.26. The molecule has 0 radical (unpaired) electrons. The van der Waals surface area contributed by atoms with E-state index in [1.165, 1.54) is 18.2 Å². The lowest BCUT2D eigenvalue weighted by Gasteiger charge is -2.39. The van der Waals surface area contributed by atoms with Crippen molar-refractivity contribution in [1.29, 1.82) is 0 Å². The summed E-state index contributed by atoms with van der Waals surface area (Å²) in [7, 11) is 0. The molecule has 0 unspecified atom stereocenters. The monoisotopic (exact) mass is 331 g/mol. The summed E-state index contributed by atoms with van der Waals surface area (Å²) in [4.78, 5) is 14.5. The van der Waals surface area contributed by atoms with Gasteiger partial charge in [0.05, 0.1) is 5.75 Å². The van der Waals surface area contributed by atoms with Crippen molar-refractivity contribution in [3.05, 3.63) is 30.3 Å². The van der Waals surface area contributed by atoms with E-state index in [1.807, 2.05) is 35.2 Å². The fraction of sp³-hybridized carbons (Fsp3) is 0.471. The van der Waals surface area contributed by atoms with E-state index in [-0.39, 0.29) is 5.91 Å². The van der Waals surface area contributed by atoms with Crippen molar-refractivity contribution in [2.24, 2.45) is 0 Å². The van der Waals surface area contributed by atoms with Gasteiger partial charge in [0.1, 0.15) is 0 Å². The van der Waals surface area contributed by atoms with Crippen LogP contribution >= 0.6 is 11.8 Å². The zero-order valence-electron chi connectivity index (χ0n) is 13.4. The standard InChI is InChI=1S/C17H21N3O2S/c1-12-7-6-8-13(2)20(12)15(21)11-23-17-19-18-16(22-17)14-9-4-3-5-10-14/h3-5,9-10,12-13H,6-8,11H2,1-2H3/t12-,13-/m1/s1. The van der Waals surface area contributed by atoms with Gasteiger partial charge in [-0.2, -0.15) is 0 Å². The predicted octanol–water partition coefficient (Wildman–Crippen LogP) is 3.62. The number of thioether (sulfide) groups is 1. The lowest BCUT2D eigenvalue weighted by molar-refractivity contribution is -0.134. The van der Waals surface area contributed by atoms with Crippen LogP contribution in [0.25, 0.3) is 11.5 Å². The van der Waals surface area contributed by atoms with Gasteiger partial charge in [-0.1, -0.05) is 30.0 Å². The molecule has 0 N–H and O–H groups in total. The van der Waals surface area contributed by atoms with E-state index in [4.69, 9.17) is 4.42 Å². The minimum atomic E-state index is 0.147. The number of carbonyl (C=O) groups excluding carboxylic acids is 1. The predicted molar refractivity (Wildman–Crippen MR) is 90.1 cm³/mol. The Bertz CT molecular complexity index is 649. The van der Waals surface area contributed by atoms with Crippen LogP contribution in [0.4, 0.5) is 0 Å². The molecule has 122 valence electrons. The normalized spacial score (nSPS) is 21.4. The van der Waals surface area contributed by atoms with Crippen LogP contribution in [-0.4, -0.2) is 38.8 Å². The van der Waals surface area contributed by atoms with Crippen molar-refractivity contribution in [3.8, 4) is 11.5 Å². The average molecular weight is 331 g/mol. The third kappa shape index (κ3) is 3.75. The van der Waals surface area contributed by atoms with Crippen molar-refractivity contribution in [3.63, 3.8) is 0 Å². The summed E-state index contributed by atoms with van der Waals surface area (Å²) in [5.41, 5.74) is 0.886. The third-order valence-corrected chi connectivity index (χ3v) is 5.03. The van der Waals surface area contributed by atoms with Gasteiger partial charge in [-0.15, -0.1) is 10.2 Å². The summed E-state index contributed by atoms with van der Waals surface area (Å²) in [6, 6.07) is 10.3. The highest BCUT2D eigenvalue weighted by molar-refractivity contribution is 7.99. The molecule has 1 aromatic heterocycles. The summed E-state index contributed by atoms with van der Waals surface area (Å²) in [6.07, 6.45) is 3.36. The van der Waals surface area contributed by atoms with E-state index in [9.17, 15) is 4.79 Å². The number of nitrogens with zero attached hydrogens (tertiary/aromatic N) is 3. The summed E-state index contributed by atoms with van der Waals surface area (Å²) in [6.45, 7) is 4.25. The third-order valence-electron chi connectivity index (χ3n) is 4.23. The highest BCUT2D eigenvalue weighted by Gasteiger charge is 2.29. The molecule has 2 aromatic rings. The van der Waals surface area contributed by atoms with Gasteiger partial charge in [0.25, 0.3) is 5.22 Å². The van der Waals surface area contributed by atoms with Crippen LogP contribution < -0.4 is 0 Å². The van der Waals surface area contributed by atoms with Gasteiger partial charge in [0.15, 0.2) is 0 Å². The molecule has 2 atom stereocenters. The molecule has 3 rings (SSSR count). The molecule has 0 bridgehead atoms. The maximum Gasteiger partial charge on any atom is 0.277 e. The van der Waals surface area contributed by atoms with Crippen molar-refractivity contribution in [2.45, 2.75) is 50.4 Å². The average Bonchev–Trinajstić information content (AvgIpc) is 3.02. The van der Waals surface area contributed by atoms with Crippen molar-refractivity contribution in [2.75, 3.05) is 5.75 Å². The number of likely N-dealkylation sites (tertiary alicyclic amines) is 1. The van der Waals surface area contributed by atoms with Crippen LogP contribution in [0.1, 0.15) is 33.1 Å². The first kappa shape index (κ1) is 16.1. The Kier molecular flexibility index (Phi) is 5.00. The van der Waals surface area contributed by atoms with Crippen LogP contribution in [0.15, 0.2) is 40.0 Å². The molecule has 6 heteroatoms. The molecular formula is C17H21N3O2S. The first-order valence-corrected chi connectivity index (χ1v) is 8.96. The van der Waals surface area contributed by atoms with Gasteiger partial charge in [0.2, 0.25) is 11.8 Å². The molecular weight excluding hydrogens is 310 g/mol. The van der Waals surface area contributed by atoms with Gasteiger partial charge in [-0.3, -0.25) is 4.79 Å². The van der Waals surface area contributed by atoms with Crippen LogP contribution in [0.5, 0.6) is 0 Å². The van der Waals surface area contributed by atoms with E-state index < -0.39 is 0 Å². The molecule has 1 amide bonds. The Balaban J connectivity index is 1.60. The van der Waals surface area contributed by atoms with E-state index in [2.05, 4.69) is 24.0 Å². The Morgan fingerprint density at radius 2 is 1.91 bits per heavy atom. The largest absolute Gasteiger partial charge is 0.411 e. The van der Waals surface area contributed by atoms with E-state index >= 15 is 0 Å². The quantitative estimate of drug-likeness (QED) is 0.801. The molecule has 2 heterocycles. The first-order valence-electron chi connectivity index (χ1n) is 7.98. The second kappa shape index (κ2) is 7.17. The first-order chi connectivity index (χ1) is 11.1. The SMILES string of the molecule is C[C@@H]1CCC[C@@H](C)N1C(=O)CSc1nnc(-c2ccccc2)o1. The molecule has 0 spiro atoms. The molecule has 0 aliphatic carbocycles. The molecule has 1 aromatic carbocycles. The van der Waals surface area contributed by atoms with E-state index in [0.717, 1.165) is 18.4 Å². The molecule has 23 heavy (non-hydrogen) atoms. The summed E-state index contributed by atoms with van der Waals surface area (Å²) >= 11 is 1.31. The molecule has 5 nitrogen and oxygen atoms in total. The molecule has 1 aliphatic heterocycles. The van der Waals surface area contributed by atoms with Crippen LogP contribution in [-0.2, 0) is 4.79 Å². The van der Waals surface area contributed by atoms with Crippen molar-refractivity contribution in [1.82, 2.24) is 15.1 Å². The zero-order valence-corrected chi connectivity index (χ0v) is 14.3. The van der Waals surface area contributed by atoms with Gasteiger partial charge >= 0.3 is 0 Å². The number of carbonyl (C=O) groups is 1. The van der Waals surface area contributed by atoms with Gasteiger partial charge in [0, 0.05) is 17.6 Å². The number of hydrogen-bond donors (Lipinski definition) is 0. The van der Waals surface area contributed by atoms with E-state index in [0.29, 0.717) is 29.0 Å². The maximum atomic E-state index is 12.5. The minimum Gasteiger partial charge on any atom is -0.411 e. The second-order valence-corrected chi connectivity index (χ2v) is 6.88. The van der Waals surface area contributed by atoms with Gasteiger partial charge < -0.3 is 9.32 Å². The van der Waals surface area contributed by atoms with Crippen molar-refractivity contribution >= 4 is 17.7 Å². The lowest BCUT2D eigenvalue weighted by atomic mass is 9.98. The summed E-state index contributed by atoms with van der Waals surface area (Å²) in [5.74, 6) is 0.972. The number of hydrogen-bond acceptors (Lipinski definition) is 5. The molecule has 1 saturated heterocycles. The van der Waals surface area contributed by atoms with E-state index in [1.54, 1.807) is 0 Å². The lowest BCUT2D eigenvalue weighted by Crippen LogP contribution is -2.48. The van der Waals surface area contributed by atoms with Gasteiger partial charge in [-0.25, -0.2) is 0 Å². The summed E-state index contributed by atoms with van der Waals surface area (Å²) < 4.78 is 5.63. The zero-order chi connectivity index (χ0) is 16.2. The van der Waals surface area contributed by atoms with Crippen LogP contribution in [0, 0.1) is 0 Å². The topological polar surface area (TPSA) is 59.2 Å². The van der Waals surface area contributed by atoms with Gasteiger partial charge in [-0.05, 0) is 45.2 Å². The Morgan fingerprint density at radius 3 is 2.61 bits per heavy atom. The smallest absolute Gasteiger partial charge is 0.277 e. The summed E-state index contributed by atoms with van der Waals surface area (Å²) in [5, 5.41) is 8.51. The fourth-order valence-electron chi connectivity index (χ4n) is 3.08. The maximum absolute atomic E-state index is 12.5. The number of amides is 1. The molecule has 0 saturated carbocycles. The Hall–Kier alpha value is -1.82. The fourth-order valence-corrected chi connectivity index (χ4v) is 3.71. The number of benzene rings is 1. The van der Waals surface area contributed by atoms with Crippen LogP contribution in [0.2, 0.25) is 0 Å². The molecule has 1 aliphatic rings.